The smallest absolute Gasteiger partial charge is 0.268 e. The Balaban J connectivity index is 2.24. The van der Waals surface area contributed by atoms with Crippen molar-refractivity contribution in [3.05, 3.63) is 35.9 Å². The number of rotatable bonds is 14. The van der Waals surface area contributed by atoms with Crippen molar-refractivity contribution in [1.29, 1.82) is 0 Å². The maximum absolute atomic E-state index is 12.2. The van der Waals surface area contributed by atoms with E-state index in [0.717, 1.165) is 18.4 Å². The molecule has 0 heterocycles. The van der Waals surface area contributed by atoms with Gasteiger partial charge in [0.15, 0.2) is 0 Å². The standard InChI is InChI=1S/C22H36O4/c1-5-7-8-9-10-11-15-18-22(3,4)25-26-24-21(23)20(6-2)19-16-13-12-14-17-19/h12-14,16-17,20H,5-11,15,18H2,1-4H3. The lowest BCUT2D eigenvalue weighted by atomic mass is 9.97. The van der Waals surface area contributed by atoms with Crippen LogP contribution < -0.4 is 0 Å². The fraction of sp³-hybridized carbons (Fsp3) is 0.682. The van der Waals surface area contributed by atoms with Crippen LogP contribution >= 0.6 is 0 Å². The van der Waals surface area contributed by atoms with Crippen molar-refractivity contribution in [2.24, 2.45) is 0 Å². The van der Waals surface area contributed by atoms with Gasteiger partial charge in [0.05, 0.1) is 5.92 Å². The number of hydrogen-bond acceptors (Lipinski definition) is 4. The molecule has 0 aliphatic rings. The van der Waals surface area contributed by atoms with Gasteiger partial charge in [0, 0.05) is 0 Å². The molecule has 4 heteroatoms. The summed E-state index contributed by atoms with van der Waals surface area (Å²) in [5.74, 6) is -0.767. The van der Waals surface area contributed by atoms with Crippen molar-refractivity contribution in [3.8, 4) is 0 Å². The van der Waals surface area contributed by atoms with E-state index < -0.39 is 11.6 Å². The molecule has 0 saturated carbocycles. The summed E-state index contributed by atoms with van der Waals surface area (Å²) in [7, 11) is 0. The van der Waals surface area contributed by atoms with Crippen LogP contribution in [0.1, 0.15) is 97.0 Å². The molecule has 1 aromatic carbocycles. The summed E-state index contributed by atoms with van der Waals surface area (Å²) in [4.78, 5) is 22.4. The van der Waals surface area contributed by atoms with Crippen molar-refractivity contribution in [2.45, 2.75) is 97.0 Å². The van der Waals surface area contributed by atoms with E-state index in [1.807, 2.05) is 51.1 Å². The van der Waals surface area contributed by atoms with Gasteiger partial charge in [0.25, 0.3) is 0 Å². The highest BCUT2D eigenvalue weighted by atomic mass is 17.5. The molecule has 0 fully saturated rings. The van der Waals surface area contributed by atoms with Gasteiger partial charge in [-0.05, 0) is 37.3 Å². The predicted molar refractivity (Wildman–Crippen MR) is 104 cm³/mol. The van der Waals surface area contributed by atoms with Gasteiger partial charge in [0.1, 0.15) is 5.60 Å². The average Bonchev–Trinajstić information content (AvgIpc) is 2.62. The molecule has 1 aromatic rings. The van der Waals surface area contributed by atoms with Gasteiger partial charge in [-0.2, -0.15) is 4.89 Å². The zero-order valence-corrected chi connectivity index (χ0v) is 17.0. The third-order valence-electron chi connectivity index (χ3n) is 4.65. The summed E-state index contributed by atoms with van der Waals surface area (Å²) in [5.41, 5.74) is 0.448. The van der Waals surface area contributed by atoms with E-state index in [2.05, 4.69) is 6.92 Å². The van der Waals surface area contributed by atoms with Crippen LogP contribution in [0.15, 0.2) is 30.3 Å². The van der Waals surface area contributed by atoms with Crippen molar-refractivity contribution in [2.75, 3.05) is 0 Å². The molecule has 0 aliphatic carbocycles. The molecule has 148 valence electrons. The molecular formula is C22H36O4. The SMILES string of the molecule is CCCCCCCCCC(C)(C)OOOC(=O)C(CC)c1ccccc1. The minimum Gasteiger partial charge on any atom is -0.268 e. The summed E-state index contributed by atoms with van der Waals surface area (Å²) < 4.78 is 0. The van der Waals surface area contributed by atoms with Crippen LogP contribution in [0.3, 0.4) is 0 Å². The molecule has 4 nitrogen and oxygen atoms in total. The highest BCUT2D eigenvalue weighted by molar-refractivity contribution is 5.77. The van der Waals surface area contributed by atoms with Crippen LogP contribution in [0, 0.1) is 0 Å². The highest BCUT2D eigenvalue weighted by Gasteiger charge is 2.24. The zero-order valence-electron chi connectivity index (χ0n) is 17.0. The predicted octanol–water partition coefficient (Wildman–Crippen LogP) is 6.51. The second kappa shape index (κ2) is 12.9. The first-order valence-corrected chi connectivity index (χ1v) is 10.1. The lowest BCUT2D eigenvalue weighted by Crippen LogP contribution is -2.26. The summed E-state index contributed by atoms with van der Waals surface area (Å²) >= 11 is 0. The Morgan fingerprint density at radius 1 is 0.962 bits per heavy atom. The fourth-order valence-corrected chi connectivity index (χ4v) is 2.97. The molecular weight excluding hydrogens is 328 g/mol. The van der Waals surface area contributed by atoms with E-state index in [9.17, 15) is 4.79 Å². The van der Waals surface area contributed by atoms with E-state index >= 15 is 0 Å². The first-order valence-electron chi connectivity index (χ1n) is 10.1. The van der Waals surface area contributed by atoms with E-state index in [-0.39, 0.29) is 5.92 Å². The van der Waals surface area contributed by atoms with E-state index in [1.165, 1.54) is 38.5 Å². The monoisotopic (exact) mass is 364 g/mol. The first-order chi connectivity index (χ1) is 12.5. The van der Waals surface area contributed by atoms with E-state index in [4.69, 9.17) is 14.8 Å². The Labute approximate surface area is 159 Å². The maximum atomic E-state index is 12.2. The van der Waals surface area contributed by atoms with Crippen LogP contribution in [0.2, 0.25) is 0 Å². The number of carbonyl (C=O) groups excluding carboxylic acids is 1. The van der Waals surface area contributed by atoms with Crippen molar-refractivity contribution >= 4 is 5.97 Å². The number of benzene rings is 1. The van der Waals surface area contributed by atoms with Gasteiger partial charge in [-0.25, -0.2) is 4.79 Å². The maximum Gasteiger partial charge on any atom is 0.353 e. The Bertz CT molecular complexity index is 484. The molecule has 0 spiro atoms. The average molecular weight is 365 g/mol. The minimum atomic E-state index is -0.474. The Morgan fingerprint density at radius 3 is 2.19 bits per heavy atom. The lowest BCUT2D eigenvalue weighted by Gasteiger charge is -2.22. The van der Waals surface area contributed by atoms with Gasteiger partial charge < -0.3 is 0 Å². The largest absolute Gasteiger partial charge is 0.353 e. The second-order valence-electron chi connectivity index (χ2n) is 7.56. The topological polar surface area (TPSA) is 44.8 Å². The fourth-order valence-electron chi connectivity index (χ4n) is 2.97. The van der Waals surface area contributed by atoms with Crippen LogP contribution in [-0.2, 0) is 19.6 Å². The third-order valence-corrected chi connectivity index (χ3v) is 4.65. The Morgan fingerprint density at radius 2 is 1.58 bits per heavy atom. The van der Waals surface area contributed by atoms with Crippen molar-refractivity contribution in [3.63, 3.8) is 0 Å². The molecule has 0 amide bonds. The number of carbonyl (C=O) groups is 1. The van der Waals surface area contributed by atoms with Gasteiger partial charge in [-0.1, -0.05) is 89.1 Å². The zero-order chi connectivity index (χ0) is 19.3. The molecule has 1 unspecified atom stereocenters. The summed E-state index contributed by atoms with van der Waals surface area (Å²) in [6, 6.07) is 9.58. The van der Waals surface area contributed by atoms with Gasteiger partial charge >= 0.3 is 5.97 Å². The first kappa shape index (κ1) is 22.7. The van der Waals surface area contributed by atoms with Crippen LogP contribution in [0.4, 0.5) is 0 Å². The number of hydrogen-bond donors (Lipinski definition) is 0. The van der Waals surface area contributed by atoms with Gasteiger partial charge in [0.2, 0.25) is 0 Å². The van der Waals surface area contributed by atoms with Crippen LogP contribution in [0.5, 0.6) is 0 Å². The number of unbranched alkanes of at least 4 members (excludes halogenated alkanes) is 6. The molecule has 1 rings (SSSR count). The van der Waals surface area contributed by atoms with E-state index in [1.54, 1.807) is 0 Å². The van der Waals surface area contributed by atoms with Crippen molar-refractivity contribution < 1.29 is 19.6 Å². The quantitative estimate of drug-likeness (QED) is 0.214. The Kier molecular flexibility index (Phi) is 11.2. The highest BCUT2D eigenvalue weighted by Crippen LogP contribution is 2.23. The molecule has 0 radical (unpaired) electrons. The van der Waals surface area contributed by atoms with E-state index in [0.29, 0.717) is 6.42 Å². The second-order valence-corrected chi connectivity index (χ2v) is 7.56. The molecule has 0 saturated heterocycles. The minimum absolute atomic E-state index is 0.342. The van der Waals surface area contributed by atoms with Crippen LogP contribution in [0.25, 0.3) is 0 Å². The lowest BCUT2D eigenvalue weighted by molar-refractivity contribution is -0.517. The molecule has 0 aliphatic heterocycles. The van der Waals surface area contributed by atoms with Crippen LogP contribution in [-0.4, -0.2) is 11.6 Å². The summed E-state index contributed by atoms with van der Waals surface area (Å²) in [6.07, 6.45) is 10.3. The molecule has 0 aromatic heterocycles. The molecule has 1 atom stereocenters. The van der Waals surface area contributed by atoms with Gasteiger partial charge in [-0.15, -0.1) is 0 Å². The Hall–Kier alpha value is -1.39. The van der Waals surface area contributed by atoms with Crippen molar-refractivity contribution in [1.82, 2.24) is 0 Å². The normalized spacial score (nSPS) is 12.8. The molecule has 26 heavy (non-hydrogen) atoms. The molecule has 0 N–H and O–H groups in total. The molecule has 0 bridgehead atoms. The summed E-state index contributed by atoms with van der Waals surface area (Å²) in [6.45, 7) is 8.08. The summed E-state index contributed by atoms with van der Waals surface area (Å²) in [5, 5.41) is 4.83. The van der Waals surface area contributed by atoms with Gasteiger partial charge in [-0.3, -0.25) is 4.89 Å². The third kappa shape index (κ3) is 9.35.